The van der Waals surface area contributed by atoms with E-state index in [0.717, 1.165) is 10.4 Å². The molecule has 2 aromatic carbocycles. The van der Waals surface area contributed by atoms with Crippen LogP contribution in [0.15, 0.2) is 47.4 Å². The summed E-state index contributed by atoms with van der Waals surface area (Å²) < 4.78 is 41.7. The summed E-state index contributed by atoms with van der Waals surface area (Å²) in [7, 11) is -4.15. The average Bonchev–Trinajstić information content (AvgIpc) is 2.58. The van der Waals surface area contributed by atoms with Gasteiger partial charge in [-0.15, -0.1) is 0 Å². The van der Waals surface area contributed by atoms with Crippen LogP contribution in [0.2, 0.25) is 10.0 Å². The van der Waals surface area contributed by atoms with Gasteiger partial charge in [-0.05, 0) is 55.8 Å². The zero-order chi connectivity index (χ0) is 20.2. The number of sulfonamides is 1. The van der Waals surface area contributed by atoms with Crippen LogP contribution in [-0.2, 0) is 10.0 Å². The number of nitro groups is 1. The molecule has 6 nitrogen and oxygen atoms in total. The van der Waals surface area contributed by atoms with Crippen molar-refractivity contribution >= 4 is 38.9 Å². The van der Waals surface area contributed by atoms with E-state index in [1.807, 2.05) is 0 Å². The third-order valence-electron chi connectivity index (χ3n) is 3.88. The van der Waals surface area contributed by atoms with Crippen LogP contribution >= 0.6 is 23.2 Å². The minimum absolute atomic E-state index is 0.0765. The zero-order valence-electron chi connectivity index (χ0n) is 14.3. The first-order valence-electron chi connectivity index (χ1n) is 8.00. The molecule has 0 aromatic heterocycles. The maximum atomic E-state index is 14.4. The number of hydrogen-bond donors (Lipinski definition) is 0. The summed E-state index contributed by atoms with van der Waals surface area (Å²) in [5.74, 6) is -0.766. The first kappa shape index (κ1) is 21.4. The molecule has 10 heteroatoms. The quantitative estimate of drug-likeness (QED) is 0.442. The largest absolute Gasteiger partial charge is 0.265 e. The molecule has 0 unspecified atom stereocenters. The lowest BCUT2D eigenvalue weighted by molar-refractivity contribution is -0.480. The summed E-state index contributed by atoms with van der Waals surface area (Å²) in [6.07, 6.45) is 0.308. The molecular formula is C17H17Cl2FN2O4S. The second-order valence-corrected chi connectivity index (χ2v) is 8.59. The highest BCUT2D eigenvalue weighted by atomic mass is 35.5. The van der Waals surface area contributed by atoms with E-state index < -0.39 is 26.8 Å². The molecule has 27 heavy (non-hydrogen) atoms. The van der Waals surface area contributed by atoms with Crippen LogP contribution in [-0.4, -0.2) is 25.9 Å². The average molecular weight is 435 g/mol. The lowest BCUT2D eigenvalue weighted by atomic mass is 10.1. The van der Waals surface area contributed by atoms with Crippen molar-refractivity contribution in [2.75, 3.05) is 10.8 Å². The Balaban J connectivity index is 2.50. The molecule has 0 aliphatic heterocycles. The Bertz CT molecular complexity index is 923. The van der Waals surface area contributed by atoms with Crippen molar-refractivity contribution in [1.82, 2.24) is 0 Å². The molecule has 0 heterocycles. The Kier molecular flexibility index (Phi) is 7.02. The molecule has 146 valence electrons. The van der Waals surface area contributed by atoms with E-state index in [4.69, 9.17) is 23.2 Å². The van der Waals surface area contributed by atoms with Gasteiger partial charge in [0.15, 0.2) is 0 Å². The maximum absolute atomic E-state index is 14.4. The number of nitrogens with zero attached hydrogens (tertiary/aromatic N) is 2. The summed E-state index contributed by atoms with van der Waals surface area (Å²) in [6.45, 7) is 1.25. The number of halogens is 3. The van der Waals surface area contributed by atoms with Gasteiger partial charge in [0, 0.05) is 27.4 Å². The van der Waals surface area contributed by atoms with Crippen molar-refractivity contribution in [1.29, 1.82) is 0 Å². The van der Waals surface area contributed by atoms with E-state index in [-0.39, 0.29) is 35.0 Å². The van der Waals surface area contributed by atoms with Crippen LogP contribution < -0.4 is 4.31 Å². The van der Waals surface area contributed by atoms with E-state index in [0.29, 0.717) is 5.02 Å². The number of hydrogen-bond acceptors (Lipinski definition) is 4. The first-order valence-corrected chi connectivity index (χ1v) is 10.2. The fraction of sp³-hybridized carbons (Fsp3) is 0.294. The van der Waals surface area contributed by atoms with Gasteiger partial charge in [0.25, 0.3) is 10.0 Å². The second-order valence-electron chi connectivity index (χ2n) is 5.90. The third-order valence-corrected chi connectivity index (χ3v) is 6.31. The van der Waals surface area contributed by atoms with Gasteiger partial charge in [0.05, 0.1) is 10.6 Å². The summed E-state index contributed by atoms with van der Waals surface area (Å²) in [5, 5.41) is 11.1. The van der Waals surface area contributed by atoms with Crippen LogP contribution in [0.25, 0.3) is 0 Å². The van der Waals surface area contributed by atoms with Crippen molar-refractivity contribution in [3.63, 3.8) is 0 Å². The molecule has 0 N–H and O–H groups in total. The Morgan fingerprint density at radius 1 is 1.15 bits per heavy atom. The van der Waals surface area contributed by atoms with Gasteiger partial charge in [-0.1, -0.05) is 23.2 Å². The smallest absolute Gasteiger partial charge is 0.264 e. The first-order chi connectivity index (χ1) is 12.6. The molecule has 2 aromatic rings. The molecule has 2 rings (SSSR count). The fourth-order valence-electron chi connectivity index (χ4n) is 2.61. The van der Waals surface area contributed by atoms with Crippen molar-refractivity contribution in [2.45, 2.75) is 30.7 Å². The molecule has 0 saturated heterocycles. The molecule has 0 spiro atoms. The summed E-state index contributed by atoms with van der Waals surface area (Å²) in [5.41, 5.74) is -0.217. The molecule has 0 aliphatic rings. The van der Waals surface area contributed by atoms with Crippen molar-refractivity contribution in [3.8, 4) is 0 Å². The van der Waals surface area contributed by atoms with Gasteiger partial charge in [-0.25, -0.2) is 12.8 Å². The normalized spacial score (nSPS) is 12.6. The maximum Gasteiger partial charge on any atom is 0.264 e. The highest BCUT2D eigenvalue weighted by Gasteiger charge is 2.31. The topological polar surface area (TPSA) is 80.5 Å². The standard InChI is InChI=1S/C17H17Cl2FN2O4S/c1-12(3-2-10-21(23)24)22(17-11-14(19)6-9-16(17)20)27(25,26)15-7-4-13(18)5-8-15/h4-9,11-12H,2-3,10H2,1H3/t12-/m1/s1. The highest BCUT2D eigenvalue weighted by Crippen LogP contribution is 2.32. The summed E-state index contributed by atoms with van der Waals surface area (Å²) >= 11 is 11.7. The lowest BCUT2D eigenvalue weighted by Gasteiger charge is -2.31. The van der Waals surface area contributed by atoms with Crippen LogP contribution in [0.3, 0.4) is 0 Å². The van der Waals surface area contributed by atoms with Crippen LogP contribution in [0.1, 0.15) is 19.8 Å². The Morgan fingerprint density at radius 3 is 2.33 bits per heavy atom. The Morgan fingerprint density at radius 2 is 1.74 bits per heavy atom. The predicted molar refractivity (Wildman–Crippen MR) is 103 cm³/mol. The molecule has 1 atom stereocenters. The summed E-state index contributed by atoms with van der Waals surface area (Å²) in [4.78, 5) is 10.00. The lowest BCUT2D eigenvalue weighted by Crippen LogP contribution is -2.39. The SMILES string of the molecule is C[C@H](CCC[N+](=O)[O-])N(c1cc(Cl)ccc1F)S(=O)(=O)c1ccc(Cl)cc1. The van der Waals surface area contributed by atoms with Crippen LogP contribution in [0.4, 0.5) is 10.1 Å². The van der Waals surface area contributed by atoms with E-state index in [9.17, 15) is 22.9 Å². The highest BCUT2D eigenvalue weighted by molar-refractivity contribution is 7.92. The third kappa shape index (κ3) is 5.31. The van der Waals surface area contributed by atoms with Crippen molar-refractivity contribution in [2.24, 2.45) is 0 Å². The number of rotatable bonds is 8. The van der Waals surface area contributed by atoms with E-state index >= 15 is 0 Å². The van der Waals surface area contributed by atoms with Crippen LogP contribution in [0.5, 0.6) is 0 Å². The van der Waals surface area contributed by atoms with E-state index in [1.54, 1.807) is 6.92 Å². The summed E-state index contributed by atoms with van der Waals surface area (Å²) in [6, 6.07) is 8.33. The second kappa shape index (κ2) is 8.86. The van der Waals surface area contributed by atoms with Crippen molar-refractivity contribution < 1.29 is 17.7 Å². The minimum atomic E-state index is -4.15. The van der Waals surface area contributed by atoms with Gasteiger partial charge in [0.2, 0.25) is 6.54 Å². The molecule has 0 aliphatic carbocycles. The number of anilines is 1. The minimum Gasteiger partial charge on any atom is -0.265 e. The van der Waals surface area contributed by atoms with E-state index in [2.05, 4.69) is 0 Å². The number of benzene rings is 2. The molecule has 0 saturated carbocycles. The fourth-order valence-corrected chi connectivity index (χ4v) is 4.59. The predicted octanol–water partition coefficient (Wildman–Crippen LogP) is 4.77. The van der Waals surface area contributed by atoms with Gasteiger partial charge in [0.1, 0.15) is 5.82 Å². The zero-order valence-corrected chi connectivity index (χ0v) is 16.6. The molecular weight excluding hydrogens is 418 g/mol. The van der Waals surface area contributed by atoms with Crippen molar-refractivity contribution in [3.05, 3.63) is 68.4 Å². The van der Waals surface area contributed by atoms with Gasteiger partial charge < -0.3 is 0 Å². The van der Waals surface area contributed by atoms with Gasteiger partial charge >= 0.3 is 0 Å². The molecule has 0 bridgehead atoms. The van der Waals surface area contributed by atoms with Gasteiger partial charge in [-0.2, -0.15) is 0 Å². The van der Waals surface area contributed by atoms with E-state index in [1.165, 1.54) is 36.4 Å². The molecule has 0 amide bonds. The Labute approximate surface area is 166 Å². The van der Waals surface area contributed by atoms with Crippen LogP contribution in [0, 0.1) is 15.9 Å². The molecule has 0 fully saturated rings. The molecule has 0 radical (unpaired) electrons. The monoisotopic (exact) mass is 434 g/mol. The Hall–Kier alpha value is -1.90. The van der Waals surface area contributed by atoms with Gasteiger partial charge in [-0.3, -0.25) is 14.4 Å².